The molecule has 0 spiro atoms. The second-order valence-electron chi connectivity index (χ2n) is 1.92. The average Bonchev–Trinajstić information content (AvgIpc) is 2.35. The molecule has 1 rings (SSSR count). The van der Waals surface area contributed by atoms with Gasteiger partial charge >= 0.3 is 0 Å². The molecule has 0 saturated heterocycles. The maximum atomic E-state index is 11.2. The molecule has 0 aromatic carbocycles. The van der Waals surface area contributed by atoms with Gasteiger partial charge in [-0.05, 0) is 18.4 Å². The van der Waals surface area contributed by atoms with E-state index in [0.29, 0.717) is 0 Å². The van der Waals surface area contributed by atoms with Crippen molar-refractivity contribution in [1.29, 1.82) is 0 Å². The summed E-state index contributed by atoms with van der Waals surface area (Å²) in [6.45, 7) is 1.73. The van der Waals surface area contributed by atoms with Crippen molar-refractivity contribution in [3.05, 3.63) is 15.8 Å². The topological polar surface area (TPSA) is 43.4 Å². The first-order chi connectivity index (χ1) is 5.58. The lowest BCUT2D eigenvalue weighted by molar-refractivity contribution is 0.338. The summed E-state index contributed by atoms with van der Waals surface area (Å²) >= 11 is 6.78. The molecule has 0 aliphatic rings. The van der Waals surface area contributed by atoms with Crippen molar-refractivity contribution in [2.75, 3.05) is 6.61 Å². The number of hydrogen-bond acceptors (Lipinski definition) is 4. The molecule has 1 aromatic heterocycles. The number of thiophene rings is 1. The molecule has 0 amide bonds. The minimum atomic E-state index is -3.62. The molecule has 12 heavy (non-hydrogen) atoms. The first-order valence-electron chi connectivity index (χ1n) is 3.20. The summed E-state index contributed by atoms with van der Waals surface area (Å²) in [5.74, 6) is 0. The highest BCUT2D eigenvalue weighted by atomic mass is 35.5. The molecule has 0 aliphatic carbocycles. The summed E-state index contributed by atoms with van der Waals surface area (Å²) in [4.78, 5) is 0.0519. The van der Waals surface area contributed by atoms with Gasteiger partial charge in [-0.1, -0.05) is 11.6 Å². The monoisotopic (exact) mass is 226 g/mol. The van der Waals surface area contributed by atoms with Crippen LogP contribution >= 0.6 is 22.9 Å². The smallest absolute Gasteiger partial charge is 0.267 e. The van der Waals surface area contributed by atoms with E-state index < -0.39 is 10.1 Å². The van der Waals surface area contributed by atoms with Gasteiger partial charge in [-0.2, -0.15) is 8.42 Å². The molecule has 0 saturated carbocycles. The van der Waals surface area contributed by atoms with E-state index in [-0.39, 0.29) is 15.8 Å². The Labute approximate surface area is 80.1 Å². The van der Waals surface area contributed by atoms with Gasteiger partial charge in [0.15, 0.2) is 0 Å². The van der Waals surface area contributed by atoms with E-state index in [1.54, 1.807) is 12.3 Å². The molecular weight excluding hydrogens is 220 g/mol. The van der Waals surface area contributed by atoms with Gasteiger partial charge < -0.3 is 0 Å². The molecule has 1 heterocycles. The lowest BCUT2D eigenvalue weighted by Crippen LogP contribution is -2.04. The lowest BCUT2D eigenvalue weighted by atomic mass is 10.7. The van der Waals surface area contributed by atoms with E-state index in [1.807, 2.05) is 0 Å². The van der Waals surface area contributed by atoms with E-state index >= 15 is 0 Å². The molecule has 3 nitrogen and oxygen atoms in total. The Morgan fingerprint density at radius 3 is 2.75 bits per heavy atom. The zero-order valence-corrected chi connectivity index (χ0v) is 8.67. The molecule has 6 heteroatoms. The summed E-state index contributed by atoms with van der Waals surface area (Å²) in [5.41, 5.74) is 0. The minimum Gasteiger partial charge on any atom is -0.267 e. The van der Waals surface area contributed by atoms with Crippen LogP contribution in [0, 0.1) is 0 Å². The fraction of sp³-hybridized carbons (Fsp3) is 0.333. The lowest BCUT2D eigenvalue weighted by Gasteiger charge is -1.99. The first kappa shape index (κ1) is 9.98. The van der Waals surface area contributed by atoms with E-state index in [9.17, 15) is 8.42 Å². The van der Waals surface area contributed by atoms with E-state index in [1.165, 1.54) is 6.07 Å². The molecule has 0 atom stereocenters. The van der Waals surface area contributed by atoms with Crippen LogP contribution in [-0.2, 0) is 14.3 Å². The first-order valence-corrected chi connectivity index (χ1v) is 5.87. The second kappa shape index (κ2) is 3.74. The predicted octanol–water partition coefficient (Wildman–Crippen LogP) is 2.13. The molecule has 0 fully saturated rings. The van der Waals surface area contributed by atoms with Crippen LogP contribution in [0.1, 0.15) is 6.92 Å². The molecule has 0 radical (unpaired) electrons. The molecule has 0 N–H and O–H groups in total. The van der Waals surface area contributed by atoms with E-state index in [2.05, 4.69) is 4.18 Å². The van der Waals surface area contributed by atoms with Crippen molar-refractivity contribution >= 4 is 33.1 Å². The largest absolute Gasteiger partial charge is 0.299 e. The quantitative estimate of drug-likeness (QED) is 0.742. The molecule has 0 bridgehead atoms. The molecule has 0 aliphatic heterocycles. The SMILES string of the molecule is CCOS(=O)(=O)c1ccsc1Cl. The summed E-state index contributed by atoms with van der Waals surface area (Å²) in [7, 11) is -3.62. The fourth-order valence-electron chi connectivity index (χ4n) is 0.679. The minimum absolute atomic E-state index is 0.0519. The van der Waals surface area contributed by atoms with Gasteiger partial charge in [0.25, 0.3) is 10.1 Å². The summed E-state index contributed by atoms with van der Waals surface area (Å²) in [6, 6.07) is 1.43. The van der Waals surface area contributed by atoms with Crippen LogP contribution in [0.25, 0.3) is 0 Å². The molecular formula is C6H7ClO3S2. The zero-order valence-electron chi connectivity index (χ0n) is 6.28. The van der Waals surface area contributed by atoms with E-state index in [0.717, 1.165) is 11.3 Å². The van der Waals surface area contributed by atoms with Gasteiger partial charge in [0.1, 0.15) is 9.23 Å². The third-order valence-electron chi connectivity index (χ3n) is 1.13. The Bertz CT molecular complexity index is 355. The zero-order chi connectivity index (χ0) is 9.19. The van der Waals surface area contributed by atoms with Crippen molar-refractivity contribution < 1.29 is 12.6 Å². The number of halogens is 1. The van der Waals surface area contributed by atoms with Gasteiger partial charge in [-0.15, -0.1) is 11.3 Å². The van der Waals surface area contributed by atoms with Crippen molar-refractivity contribution in [2.24, 2.45) is 0 Å². The van der Waals surface area contributed by atoms with Crippen molar-refractivity contribution in [1.82, 2.24) is 0 Å². The Balaban J connectivity index is 3.06. The Kier molecular flexibility index (Phi) is 3.11. The third-order valence-corrected chi connectivity index (χ3v) is 3.96. The van der Waals surface area contributed by atoms with Crippen LogP contribution in [0.15, 0.2) is 16.3 Å². The fourth-order valence-corrected chi connectivity index (χ4v) is 3.09. The van der Waals surface area contributed by atoms with Gasteiger partial charge in [0.2, 0.25) is 0 Å². The van der Waals surface area contributed by atoms with Crippen LogP contribution in [0.3, 0.4) is 0 Å². The maximum Gasteiger partial charge on any atom is 0.299 e. The standard InChI is InChI=1S/C6H7ClO3S2/c1-2-10-12(8,9)5-3-4-11-6(5)7/h3-4H,2H2,1H3. The van der Waals surface area contributed by atoms with Gasteiger partial charge in [-0.25, -0.2) is 0 Å². The second-order valence-corrected chi connectivity index (χ2v) is 5.02. The summed E-state index contributed by atoms with van der Waals surface area (Å²) in [6.07, 6.45) is 0. The van der Waals surface area contributed by atoms with Crippen LogP contribution in [0.5, 0.6) is 0 Å². The van der Waals surface area contributed by atoms with Crippen LogP contribution < -0.4 is 0 Å². The molecule has 68 valence electrons. The Hall–Kier alpha value is -0.100. The van der Waals surface area contributed by atoms with Crippen LogP contribution in [-0.4, -0.2) is 15.0 Å². The highest BCUT2D eigenvalue weighted by Gasteiger charge is 2.18. The third kappa shape index (κ3) is 1.98. The van der Waals surface area contributed by atoms with Crippen molar-refractivity contribution in [3.8, 4) is 0 Å². The van der Waals surface area contributed by atoms with Gasteiger partial charge in [0.05, 0.1) is 6.61 Å². The maximum absolute atomic E-state index is 11.2. The number of hydrogen-bond donors (Lipinski definition) is 0. The Morgan fingerprint density at radius 2 is 2.33 bits per heavy atom. The Morgan fingerprint density at radius 1 is 1.67 bits per heavy atom. The highest BCUT2D eigenvalue weighted by Crippen LogP contribution is 2.28. The van der Waals surface area contributed by atoms with Gasteiger partial charge in [-0.3, -0.25) is 4.18 Å². The summed E-state index contributed by atoms with van der Waals surface area (Å²) < 4.78 is 27.2. The predicted molar refractivity (Wildman–Crippen MR) is 48.1 cm³/mol. The molecule has 1 aromatic rings. The summed E-state index contributed by atoms with van der Waals surface area (Å²) in [5, 5.41) is 1.61. The number of rotatable bonds is 3. The van der Waals surface area contributed by atoms with Crippen molar-refractivity contribution in [3.63, 3.8) is 0 Å². The van der Waals surface area contributed by atoms with Crippen LogP contribution in [0.4, 0.5) is 0 Å². The molecule has 0 unspecified atom stereocenters. The normalized spacial score (nSPS) is 11.8. The van der Waals surface area contributed by atoms with Crippen LogP contribution in [0.2, 0.25) is 4.34 Å². The highest BCUT2D eigenvalue weighted by molar-refractivity contribution is 7.87. The van der Waals surface area contributed by atoms with Crippen molar-refractivity contribution in [2.45, 2.75) is 11.8 Å². The van der Waals surface area contributed by atoms with Gasteiger partial charge in [0, 0.05) is 0 Å². The van der Waals surface area contributed by atoms with E-state index in [4.69, 9.17) is 11.6 Å². The average molecular weight is 227 g/mol.